The highest BCUT2D eigenvalue weighted by Gasteiger charge is 2.26. The van der Waals surface area contributed by atoms with Crippen LogP contribution in [0.4, 0.5) is 11.4 Å². The number of hydrogen-bond donors (Lipinski definition) is 1. The third kappa shape index (κ3) is 2.57. The van der Waals surface area contributed by atoms with Gasteiger partial charge in [-0.25, -0.2) is 0 Å². The van der Waals surface area contributed by atoms with Gasteiger partial charge in [0.1, 0.15) is 11.4 Å². The maximum Gasteiger partial charge on any atom is 0.253 e. The lowest BCUT2D eigenvalue weighted by molar-refractivity contribution is 0.575. The van der Waals surface area contributed by atoms with Crippen LogP contribution in [0.15, 0.2) is 9.59 Å². The van der Waals surface area contributed by atoms with Crippen molar-refractivity contribution in [3.05, 3.63) is 20.4 Å². The second-order valence-corrected chi connectivity index (χ2v) is 5.06. The van der Waals surface area contributed by atoms with E-state index < -0.39 is 0 Å². The van der Waals surface area contributed by atoms with Crippen molar-refractivity contribution in [1.82, 2.24) is 0 Å². The SMILES string of the molecule is CCCCCNc1c(N2CCCCC2)c(=O)c1=O. The normalized spacial score (nSPS) is 16.2. The summed E-state index contributed by atoms with van der Waals surface area (Å²) < 4.78 is 0. The van der Waals surface area contributed by atoms with E-state index in [0.29, 0.717) is 11.4 Å². The Bertz CT molecular complexity index is 454. The highest BCUT2D eigenvalue weighted by molar-refractivity contribution is 5.75. The van der Waals surface area contributed by atoms with Crippen molar-refractivity contribution in [3.8, 4) is 0 Å². The number of rotatable bonds is 6. The minimum atomic E-state index is -0.327. The average Bonchev–Trinajstić information content (AvgIpc) is 2.42. The molecule has 1 aromatic carbocycles. The molecule has 4 nitrogen and oxygen atoms in total. The van der Waals surface area contributed by atoms with Gasteiger partial charge in [0, 0.05) is 19.6 Å². The topological polar surface area (TPSA) is 49.4 Å². The standard InChI is InChI=1S/C14H22N2O2/c1-2-3-5-8-15-11-12(14(18)13(11)17)16-9-6-4-7-10-16/h15H,2-10H2,1H3. The maximum atomic E-state index is 11.7. The van der Waals surface area contributed by atoms with Gasteiger partial charge in [-0.1, -0.05) is 19.8 Å². The zero-order valence-corrected chi connectivity index (χ0v) is 11.1. The van der Waals surface area contributed by atoms with Crippen molar-refractivity contribution in [2.24, 2.45) is 0 Å². The molecular formula is C14H22N2O2. The van der Waals surface area contributed by atoms with Gasteiger partial charge >= 0.3 is 0 Å². The van der Waals surface area contributed by atoms with E-state index in [-0.39, 0.29) is 10.9 Å². The van der Waals surface area contributed by atoms with Gasteiger partial charge in [-0.15, -0.1) is 0 Å². The minimum Gasteiger partial charge on any atom is -0.380 e. The lowest BCUT2D eigenvalue weighted by atomic mass is 10.1. The molecule has 0 aliphatic carbocycles. The van der Waals surface area contributed by atoms with Crippen molar-refractivity contribution < 1.29 is 0 Å². The molecule has 0 atom stereocenters. The molecule has 1 N–H and O–H groups in total. The average molecular weight is 250 g/mol. The number of unbranched alkanes of at least 4 members (excludes halogenated alkanes) is 2. The van der Waals surface area contributed by atoms with Gasteiger partial charge < -0.3 is 10.2 Å². The summed E-state index contributed by atoms with van der Waals surface area (Å²) in [6.07, 6.45) is 6.83. The minimum absolute atomic E-state index is 0.296. The highest BCUT2D eigenvalue weighted by Crippen LogP contribution is 2.23. The van der Waals surface area contributed by atoms with E-state index in [0.717, 1.165) is 51.7 Å². The van der Waals surface area contributed by atoms with Crippen LogP contribution in [0.1, 0.15) is 45.4 Å². The fourth-order valence-electron chi connectivity index (χ4n) is 2.55. The molecule has 1 aliphatic heterocycles. The summed E-state index contributed by atoms with van der Waals surface area (Å²) in [7, 11) is 0. The number of anilines is 2. The Balaban J connectivity index is 1.99. The van der Waals surface area contributed by atoms with Crippen molar-refractivity contribution in [2.75, 3.05) is 29.9 Å². The first kappa shape index (κ1) is 13.1. The highest BCUT2D eigenvalue weighted by atomic mass is 16.2. The molecule has 2 rings (SSSR count). The lowest BCUT2D eigenvalue weighted by Gasteiger charge is -2.30. The van der Waals surface area contributed by atoms with Gasteiger partial charge in [-0.05, 0) is 25.7 Å². The smallest absolute Gasteiger partial charge is 0.253 e. The van der Waals surface area contributed by atoms with Crippen molar-refractivity contribution in [2.45, 2.75) is 45.4 Å². The molecule has 100 valence electrons. The first-order chi connectivity index (χ1) is 8.75. The number of nitrogens with zero attached hydrogens (tertiary/aromatic N) is 1. The summed E-state index contributed by atoms with van der Waals surface area (Å²) in [6.45, 7) is 4.76. The maximum absolute atomic E-state index is 11.7. The summed E-state index contributed by atoms with van der Waals surface area (Å²) in [5.41, 5.74) is 0.594. The third-order valence-corrected chi connectivity index (χ3v) is 3.64. The van der Waals surface area contributed by atoms with Gasteiger partial charge in [0.25, 0.3) is 10.9 Å². The number of piperidine rings is 1. The fraction of sp³-hybridized carbons (Fsp3) is 0.714. The van der Waals surface area contributed by atoms with Gasteiger partial charge in [-0.3, -0.25) is 9.59 Å². The number of hydrogen-bond acceptors (Lipinski definition) is 4. The Morgan fingerprint density at radius 3 is 2.44 bits per heavy atom. The summed E-state index contributed by atoms with van der Waals surface area (Å²) in [6, 6.07) is 0. The number of nitrogens with one attached hydrogen (secondary N) is 1. The molecule has 1 heterocycles. The van der Waals surface area contributed by atoms with E-state index in [1.807, 2.05) is 0 Å². The molecule has 0 radical (unpaired) electrons. The van der Waals surface area contributed by atoms with E-state index in [1.54, 1.807) is 0 Å². The molecule has 0 amide bonds. The quantitative estimate of drug-likeness (QED) is 0.618. The summed E-state index contributed by atoms with van der Waals surface area (Å²) in [4.78, 5) is 25.3. The molecule has 0 unspecified atom stereocenters. The van der Waals surface area contributed by atoms with Crippen LogP contribution in [0, 0.1) is 0 Å². The van der Waals surface area contributed by atoms with Crippen LogP contribution in [0.25, 0.3) is 0 Å². The molecule has 1 aromatic rings. The van der Waals surface area contributed by atoms with Gasteiger partial charge in [-0.2, -0.15) is 0 Å². The fourth-order valence-corrected chi connectivity index (χ4v) is 2.55. The molecule has 0 aromatic heterocycles. The third-order valence-electron chi connectivity index (χ3n) is 3.64. The molecule has 1 aliphatic rings. The Labute approximate surface area is 108 Å². The molecule has 4 heteroatoms. The second-order valence-electron chi connectivity index (χ2n) is 5.06. The van der Waals surface area contributed by atoms with E-state index >= 15 is 0 Å². The van der Waals surface area contributed by atoms with Crippen LogP contribution in [-0.4, -0.2) is 19.6 Å². The molecular weight excluding hydrogens is 228 g/mol. The van der Waals surface area contributed by atoms with Crippen molar-refractivity contribution >= 4 is 11.4 Å². The molecule has 0 bridgehead atoms. The molecule has 0 spiro atoms. The van der Waals surface area contributed by atoms with Crippen LogP contribution < -0.4 is 21.1 Å². The Kier molecular flexibility index (Phi) is 4.39. The lowest BCUT2D eigenvalue weighted by Crippen LogP contribution is -2.44. The predicted molar refractivity (Wildman–Crippen MR) is 75.4 cm³/mol. The Hall–Kier alpha value is -1.32. The Morgan fingerprint density at radius 1 is 1.06 bits per heavy atom. The van der Waals surface area contributed by atoms with Gasteiger partial charge in [0.2, 0.25) is 0 Å². The second kappa shape index (κ2) is 6.03. The zero-order chi connectivity index (χ0) is 13.0. The van der Waals surface area contributed by atoms with Crippen LogP contribution in [0.2, 0.25) is 0 Å². The van der Waals surface area contributed by atoms with E-state index in [1.165, 1.54) is 6.42 Å². The van der Waals surface area contributed by atoms with E-state index in [2.05, 4.69) is 17.1 Å². The Morgan fingerprint density at radius 2 is 1.78 bits per heavy atom. The van der Waals surface area contributed by atoms with Crippen molar-refractivity contribution in [1.29, 1.82) is 0 Å². The van der Waals surface area contributed by atoms with Crippen LogP contribution in [-0.2, 0) is 0 Å². The summed E-state index contributed by atoms with van der Waals surface area (Å²) in [5, 5.41) is 3.15. The first-order valence-corrected chi connectivity index (χ1v) is 7.07. The van der Waals surface area contributed by atoms with Gasteiger partial charge in [0.05, 0.1) is 0 Å². The first-order valence-electron chi connectivity index (χ1n) is 7.07. The predicted octanol–water partition coefficient (Wildman–Crippen LogP) is 1.88. The monoisotopic (exact) mass is 250 g/mol. The van der Waals surface area contributed by atoms with E-state index in [4.69, 9.17) is 0 Å². The molecule has 0 saturated carbocycles. The molecule has 1 fully saturated rings. The molecule has 18 heavy (non-hydrogen) atoms. The van der Waals surface area contributed by atoms with E-state index in [9.17, 15) is 9.59 Å². The van der Waals surface area contributed by atoms with Crippen LogP contribution in [0.3, 0.4) is 0 Å². The van der Waals surface area contributed by atoms with Gasteiger partial charge in [0.15, 0.2) is 0 Å². The van der Waals surface area contributed by atoms with Crippen LogP contribution >= 0.6 is 0 Å². The summed E-state index contributed by atoms with van der Waals surface area (Å²) >= 11 is 0. The largest absolute Gasteiger partial charge is 0.380 e. The van der Waals surface area contributed by atoms with Crippen LogP contribution in [0.5, 0.6) is 0 Å². The van der Waals surface area contributed by atoms with Crippen molar-refractivity contribution in [3.63, 3.8) is 0 Å². The zero-order valence-electron chi connectivity index (χ0n) is 11.1. The molecule has 1 saturated heterocycles. The summed E-state index contributed by atoms with van der Waals surface area (Å²) in [5.74, 6) is 0.